The van der Waals surface area contributed by atoms with E-state index in [-0.39, 0.29) is 22.8 Å². The number of amides is 2. The zero-order valence-electron chi connectivity index (χ0n) is 16.7. The highest BCUT2D eigenvalue weighted by Crippen LogP contribution is 2.12. The van der Waals surface area contributed by atoms with Crippen LogP contribution in [0.25, 0.3) is 0 Å². The standard InChI is InChI=1S/C21H26N4O3S/c1-14(2)18(23-19(26)16-9-11-17(28-3)12-10-16)20(27)24-25-21(29)22-13-15-7-5-4-6-8-15/h4-12,14,18H,13H2,1-3H3,(H,23,26)(H,24,27)(H2,22,25,29)/t18-/m1/s1. The normalized spacial score (nSPS) is 11.3. The molecule has 0 radical (unpaired) electrons. The topological polar surface area (TPSA) is 91.5 Å². The summed E-state index contributed by atoms with van der Waals surface area (Å²) in [6.45, 7) is 4.24. The van der Waals surface area contributed by atoms with Crippen LogP contribution in [0.2, 0.25) is 0 Å². The molecule has 0 aliphatic carbocycles. The molecule has 0 aromatic heterocycles. The first-order chi connectivity index (χ1) is 13.9. The second-order valence-corrected chi connectivity index (χ2v) is 7.11. The summed E-state index contributed by atoms with van der Waals surface area (Å²) in [7, 11) is 1.56. The van der Waals surface area contributed by atoms with Gasteiger partial charge in [0.2, 0.25) is 0 Å². The lowest BCUT2D eigenvalue weighted by atomic mass is 10.0. The molecule has 0 fully saturated rings. The molecule has 4 N–H and O–H groups in total. The molecule has 0 bridgehead atoms. The largest absolute Gasteiger partial charge is 0.497 e. The molecule has 29 heavy (non-hydrogen) atoms. The van der Waals surface area contributed by atoms with Gasteiger partial charge in [-0.2, -0.15) is 0 Å². The van der Waals surface area contributed by atoms with Crippen LogP contribution in [-0.2, 0) is 11.3 Å². The van der Waals surface area contributed by atoms with Crippen molar-refractivity contribution in [3.05, 3.63) is 65.7 Å². The molecule has 2 aromatic carbocycles. The monoisotopic (exact) mass is 414 g/mol. The Bertz CT molecular complexity index is 826. The van der Waals surface area contributed by atoms with Crippen LogP contribution in [0, 0.1) is 5.92 Å². The molecule has 2 amide bonds. The number of hydrogen-bond acceptors (Lipinski definition) is 4. The Morgan fingerprint density at radius 3 is 2.24 bits per heavy atom. The Morgan fingerprint density at radius 1 is 1.00 bits per heavy atom. The molecular weight excluding hydrogens is 388 g/mol. The van der Waals surface area contributed by atoms with Crippen molar-refractivity contribution >= 4 is 29.1 Å². The van der Waals surface area contributed by atoms with Crippen molar-refractivity contribution in [2.75, 3.05) is 7.11 Å². The van der Waals surface area contributed by atoms with Crippen LogP contribution in [-0.4, -0.2) is 30.1 Å². The quantitative estimate of drug-likeness (QED) is 0.410. The van der Waals surface area contributed by atoms with Crippen LogP contribution in [0.15, 0.2) is 54.6 Å². The van der Waals surface area contributed by atoms with Gasteiger partial charge in [-0.1, -0.05) is 44.2 Å². The van der Waals surface area contributed by atoms with Crippen LogP contribution in [0.1, 0.15) is 29.8 Å². The van der Waals surface area contributed by atoms with Crippen molar-refractivity contribution in [2.24, 2.45) is 5.92 Å². The predicted molar refractivity (Wildman–Crippen MR) is 116 cm³/mol. The predicted octanol–water partition coefficient (Wildman–Crippen LogP) is 2.15. The lowest BCUT2D eigenvalue weighted by Gasteiger charge is -2.22. The van der Waals surface area contributed by atoms with Crippen molar-refractivity contribution in [2.45, 2.75) is 26.4 Å². The van der Waals surface area contributed by atoms with Crippen molar-refractivity contribution < 1.29 is 14.3 Å². The third kappa shape index (κ3) is 7.08. The van der Waals surface area contributed by atoms with E-state index in [1.54, 1.807) is 31.4 Å². The molecule has 0 spiro atoms. The zero-order valence-corrected chi connectivity index (χ0v) is 17.5. The molecule has 2 aromatic rings. The van der Waals surface area contributed by atoms with E-state index in [1.807, 2.05) is 44.2 Å². The molecule has 0 saturated heterocycles. The highest BCUT2D eigenvalue weighted by Gasteiger charge is 2.24. The van der Waals surface area contributed by atoms with Gasteiger partial charge in [0.1, 0.15) is 11.8 Å². The number of hydrogen-bond donors (Lipinski definition) is 4. The van der Waals surface area contributed by atoms with Crippen LogP contribution >= 0.6 is 12.2 Å². The molecule has 0 saturated carbocycles. The smallest absolute Gasteiger partial charge is 0.261 e. The first kappa shape index (κ1) is 22.2. The Hall–Kier alpha value is -3.13. The van der Waals surface area contributed by atoms with Gasteiger partial charge in [0.25, 0.3) is 11.8 Å². The summed E-state index contributed by atoms with van der Waals surface area (Å²) in [4.78, 5) is 25.0. The second-order valence-electron chi connectivity index (χ2n) is 6.71. The van der Waals surface area contributed by atoms with E-state index in [9.17, 15) is 9.59 Å². The highest BCUT2D eigenvalue weighted by atomic mass is 32.1. The number of ether oxygens (including phenoxy) is 1. The van der Waals surface area contributed by atoms with Gasteiger partial charge in [-0.15, -0.1) is 0 Å². The third-order valence-electron chi connectivity index (χ3n) is 4.18. The van der Waals surface area contributed by atoms with Gasteiger partial charge in [0, 0.05) is 12.1 Å². The summed E-state index contributed by atoms with van der Waals surface area (Å²) in [5, 5.41) is 6.05. The lowest BCUT2D eigenvalue weighted by Crippen LogP contribution is -2.55. The number of methoxy groups -OCH3 is 1. The maximum atomic E-state index is 12.5. The van der Waals surface area contributed by atoms with Crippen molar-refractivity contribution in [3.8, 4) is 5.75 Å². The maximum Gasteiger partial charge on any atom is 0.261 e. The molecule has 0 aliphatic heterocycles. The van der Waals surface area contributed by atoms with Gasteiger partial charge >= 0.3 is 0 Å². The molecule has 0 heterocycles. The van der Waals surface area contributed by atoms with E-state index >= 15 is 0 Å². The second kappa shape index (κ2) is 11.0. The molecule has 8 heteroatoms. The fraction of sp³-hybridized carbons (Fsp3) is 0.286. The Labute approximate surface area is 176 Å². The lowest BCUT2D eigenvalue weighted by molar-refractivity contribution is -0.124. The molecular formula is C21H26N4O3S. The van der Waals surface area contributed by atoms with Gasteiger partial charge in [0.05, 0.1) is 7.11 Å². The SMILES string of the molecule is COc1ccc(C(=O)N[C@@H](C(=O)NNC(=S)NCc2ccccc2)C(C)C)cc1. The van der Waals surface area contributed by atoms with E-state index in [1.165, 1.54) is 0 Å². The van der Waals surface area contributed by atoms with E-state index in [0.717, 1.165) is 5.56 Å². The van der Waals surface area contributed by atoms with Gasteiger partial charge in [-0.05, 0) is 48.0 Å². The molecule has 1 atom stereocenters. The van der Waals surface area contributed by atoms with Gasteiger partial charge in [-0.25, -0.2) is 0 Å². The number of rotatable bonds is 7. The van der Waals surface area contributed by atoms with E-state index < -0.39 is 6.04 Å². The van der Waals surface area contributed by atoms with Crippen LogP contribution in [0.5, 0.6) is 5.75 Å². The van der Waals surface area contributed by atoms with Gasteiger partial charge < -0.3 is 15.4 Å². The third-order valence-corrected chi connectivity index (χ3v) is 4.43. The first-order valence-corrected chi connectivity index (χ1v) is 9.64. The van der Waals surface area contributed by atoms with Gasteiger partial charge in [0.15, 0.2) is 5.11 Å². The van der Waals surface area contributed by atoms with Crippen molar-refractivity contribution in [1.29, 1.82) is 0 Å². The highest BCUT2D eigenvalue weighted by molar-refractivity contribution is 7.80. The minimum absolute atomic E-state index is 0.121. The summed E-state index contributed by atoms with van der Waals surface area (Å²) in [6.07, 6.45) is 0. The number of carbonyl (C=O) groups is 2. The number of nitrogens with one attached hydrogen (secondary N) is 4. The summed E-state index contributed by atoms with van der Waals surface area (Å²) >= 11 is 5.18. The molecule has 7 nitrogen and oxygen atoms in total. The molecule has 0 unspecified atom stereocenters. The molecule has 154 valence electrons. The minimum Gasteiger partial charge on any atom is -0.497 e. The van der Waals surface area contributed by atoms with E-state index in [0.29, 0.717) is 17.9 Å². The van der Waals surface area contributed by atoms with Crippen molar-refractivity contribution in [3.63, 3.8) is 0 Å². The van der Waals surface area contributed by atoms with E-state index in [2.05, 4.69) is 21.5 Å². The van der Waals surface area contributed by atoms with Crippen molar-refractivity contribution in [1.82, 2.24) is 21.5 Å². The Morgan fingerprint density at radius 2 is 1.66 bits per heavy atom. The summed E-state index contributed by atoms with van der Waals surface area (Å²) in [5.41, 5.74) is 6.72. The number of benzene rings is 2. The van der Waals surface area contributed by atoms with Crippen LogP contribution in [0.4, 0.5) is 0 Å². The average molecular weight is 415 g/mol. The fourth-order valence-electron chi connectivity index (χ4n) is 2.52. The summed E-state index contributed by atoms with van der Waals surface area (Å²) in [5.74, 6) is -0.192. The number of thiocarbonyl (C=S) groups is 1. The maximum absolute atomic E-state index is 12.5. The Balaban J connectivity index is 1.86. The van der Waals surface area contributed by atoms with E-state index in [4.69, 9.17) is 17.0 Å². The zero-order chi connectivity index (χ0) is 21.2. The fourth-order valence-corrected chi connectivity index (χ4v) is 2.64. The summed E-state index contributed by atoms with van der Waals surface area (Å²) in [6, 6.07) is 15.7. The first-order valence-electron chi connectivity index (χ1n) is 9.23. The Kier molecular flexibility index (Phi) is 8.42. The molecule has 0 aliphatic rings. The van der Waals surface area contributed by atoms with Crippen LogP contribution < -0.4 is 26.2 Å². The van der Waals surface area contributed by atoms with Crippen LogP contribution in [0.3, 0.4) is 0 Å². The number of carbonyl (C=O) groups excluding carboxylic acids is 2. The average Bonchev–Trinajstić information content (AvgIpc) is 2.74. The van der Waals surface area contributed by atoms with Gasteiger partial charge in [-0.3, -0.25) is 20.4 Å². The molecule has 2 rings (SSSR count). The summed E-state index contributed by atoms with van der Waals surface area (Å²) < 4.78 is 5.09. The minimum atomic E-state index is -0.728. The number of hydrazine groups is 1.